The summed E-state index contributed by atoms with van der Waals surface area (Å²) in [5.41, 5.74) is 5.06. The van der Waals surface area contributed by atoms with Crippen molar-refractivity contribution < 1.29 is 13.2 Å². The number of nitrogens with zero attached hydrogens (tertiary/aromatic N) is 1. The average Bonchev–Trinajstić information content (AvgIpc) is 2.95. The van der Waals surface area contributed by atoms with Gasteiger partial charge in [0.25, 0.3) is 0 Å². The lowest BCUT2D eigenvalue weighted by molar-refractivity contribution is -0.123. The van der Waals surface area contributed by atoms with Gasteiger partial charge in [-0.05, 0) is 19.3 Å². The summed E-state index contributed by atoms with van der Waals surface area (Å²) < 4.78 is 23.9. The van der Waals surface area contributed by atoms with E-state index in [-0.39, 0.29) is 18.3 Å². The lowest BCUT2D eigenvalue weighted by Gasteiger charge is -2.18. The number of hydrogen-bond donors (Lipinski definition) is 2. The highest BCUT2D eigenvalue weighted by molar-refractivity contribution is 7.88. The van der Waals surface area contributed by atoms with E-state index in [1.165, 1.54) is 10.6 Å². The first kappa shape index (κ1) is 17.6. The standard InChI is InChI=1S/C10H21N3O3S.ClH/c1-3-13(17(2,15)16)8-4-7-12-9(14)10(11)5-6-10;/h3-8,11H2,1-2H3,(H,12,14);1H. The van der Waals surface area contributed by atoms with Gasteiger partial charge in [-0.1, -0.05) is 6.92 Å². The molecule has 8 heteroatoms. The molecule has 3 N–H and O–H groups in total. The van der Waals surface area contributed by atoms with Crippen molar-refractivity contribution in [2.24, 2.45) is 5.73 Å². The molecule has 0 spiro atoms. The molecule has 0 aliphatic heterocycles. The summed E-state index contributed by atoms with van der Waals surface area (Å²) in [4.78, 5) is 11.5. The van der Waals surface area contributed by atoms with E-state index in [0.29, 0.717) is 26.1 Å². The van der Waals surface area contributed by atoms with Gasteiger partial charge in [0.1, 0.15) is 0 Å². The first-order chi connectivity index (χ1) is 7.79. The fraction of sp³-hybridized carbons (Fsp3) is 0.900. The second kappa shape index (κ2) is 6.70. The molecule has 1 aliphatic rings. The summed E-state index contributed by atoms with van der Waals surface area (Å²) in [6.45, 7) is 3.13. The zero-order chi connectivity index (χ0) is 13.1. The minimum absolute atomic E-state index is 0. The fourth-order valence-corrected chi connectivity index (χ4v) is 2.48. The van der Waals surface area contributed by atoms with Crippen molar-refractivity contribution >= 4 is 28.3 Å². The van der Waals surface area contributed by atoms with Gasteiger partial charge in [-0.3, -0.25) is 4.79 Å². The Hall–Kier alpha value is -0.370. The van der Waals surface area contributed by atoms with E-state index in [9.17, 15) is 13.2 Å². The zero-order valence-electron chi connectivity index (χ0n) is 10.8. The van der Waals surface area contributed by atoms with E-state index < -0.39 is 15.6 Å². The van der Waals surface area contributed by atoms with E-state index >= 15 is 0 Å². The first-order valence-corrected chi connectivity index (χ1v) is 7.67. The van der Waals surface area contributed by atoms with E-state index in [0.717, 1.165) is 12.8 Å². The van der Waals surface area contributed by atoms with Crippen LogP contribution in [0.1, 0.15) is 26.2 Å². The minimum Gasteiger partial charge on any atom is -0.354 e. The summed E-state index contributed by atoms with van der Waals surface area (Å²) in [5, 5.41) is 2.73. The Morgan fingerprint density at radius 1 is 1.44 bits per heavy atom. The highest BCUT2D eigenvalue weighted by Crippen LogP contribution is 2.31. The molecule has 1 fully saturated rings. The SMILES string of the molecule is CCN(CCCNC(=O)C1(N)CC1)S(C)(=O)=O.Cl. The number of halogens is 1. The van der Waals surface area contributed by atoms with Crippen LogP contribution in [0.15, 0.2) is 0 Å². The van der Waals surface area contributed by atoms with Crippen molar-refractivity contribution in [2.75, 3.05) is 25.9 Å². The topological polar surface area (TPSA) is 92.5 Å². The van der Waals surface area contributed by atoms with Gasteiger partial charge >= 0.3 is 0 Å². The Bertz CT molecular complexity index is 382. The van der Waals surface area contributed by atoms with Crippen molar-refractivity contribution in [3.8, 4) is 0 Å². The van der Waals surface area contributed by atoms with Gasteiger partial charge in [0, 0.05) is 19.6 Å². The molecule has 0 saturated heterocycles. The quantitative estimate of drug-likeness (QED) is 0.631. The molecule has 0 heterocycles. The zero-order valence-corrected chi connectivity index (χ0v) is 12.4. The third-order valence-corrected chi connectivity index (χ3v) is 4.31. The van der Waals surface area contributed by atoms with E-state index in [2.05, 4.69) is 5.32 Å². The Morgan fingerprint density at radius 2 is 2.00 bits per heavy atom. The summed E-state index contributed by atoms with van der Waals surface area (Å²) in [6, 6.07) is 0. The van der Waals surface area contributed by atoms with Gasteiger partial charge < -0.3 is 11.1 Å². The molecule has 0 unspecified atom stereocenters. The summed E-state index contributed by atoms with van der Waals surface area (Å²) in [7, 11) is -3.14. The van der Waals surface area contributed by atoms with E-state index in [1.807, 2.05) is 0 Å². The molecule has 0 bridgehead atoms. The maximum Gasteiger partial charge on any atom is 0.240 e. The van der Waals surface area contributed by atoms with Crippen LogP contribution in [0.5, 0.6) is 0 Å². The molecule has 6 nitrogen and oxygen atoms in total. The van der Waals surface area contributed by atoms with Gasteiger partial charge in [0.2, 0.25) is 15.9 Å². The van der Waals surface area contributed by atoms with Crippen LogP contribution in [0.2, 0.25) is 0 Å². The van der Waals surface area contributed by atoms with Crippen LogP contribution in [0, 0.1) is 0 Å². The largest absolute Gasteiger partial charge is 0.354 e. The molecule has 0 aromatic rings. The first-order valence-electron chi connectivity index (χ1n) is 5.82. The summed E-state index contributed by atoms with van der Waals surface area (Å²) >= 11 is 0. The number of nitrogens with one attached hydrogen (secondary N) is 1. The van der Waals surface area contributed by atoms with Gasteiger partial charge in [-0.15, -0.1) is 12.4 Å². The third kappa shape index (κ3) is 5.09. The number of carbonyl (C=O) groups excluding carboxylic acids is 1. The molecular weight excluding hydrogens is 278 g/mol. The maximum atomic E-state index is 11.5. The number of carbonyl (C=O) groups is 1. The van der Waals surface area contributed by atoms with Crippen LogP contribution >= 0.6 is 12.4 Å². The molecule has 0 aromatic heterocycles. The van der Waals surface area contributed by atoms with Crippen LogP contribution in [-0.4, -0.2) is 50.1 Å². The van der Waals surface area contributed by atoms with Crippen LogP contribution in [0.4, 0.5) is 0 Å². The van der Waals surface area contributed by atoms with Crippen LogP contribution in [0.25, 0.3) is 0 Å². The van der Waals surface area contributed by atoms with Crippen molar-refractivity contribution in [1.29, 1.82) is 0 Å². The molecule has 1 aliphatic carbocycles. The number of rotatable bonds is 7. The lowest BCUT2D eigenvalue weighted by Crippen LogP contribution is -2.43. The second-order valence-corrected chi connectivity index (χ2v) is 6.50. The smallest absolute Gasteiger partial charge is 0.240 e. The van der Waals surface area contributed by atoms with Gasteiger partial charge in [-0.2, -0.15) is 0 Å². The monoisotopic (exact) mass is 299 g/mol. The lowest BCUT2D eigenvalue weighted by atomic mass is 10.2. The molecule has 1 saturated carbocycles. The molecule has 0 atom stereocenters. The Morgan fingerprint density at radius 3 is 2.39 bits per heavy atom. The van der Waals surface area contributed by atoms with Crippen molar-refractivity contribution in [2.45, 2.75) is 31.7 Å². The predicted molar refractivity (Wildman–Crippen MR) is 73.1 cm³/mol. The number of nitrogens with two attached hydrogens (primary N) is 1. The number of sulfonamides is 1. The molecule has 0 aromatic carbocycles. The Labute approximate surface area is 115 Å². The van der Waals surface area contributed by atoms with Crippen molar-refractivity contribution in [3.05, 3.63) is 0 Å². The van der Waals surface area contributed by atoms with Crippen LogP contribution in [0.3, 0.4) is 0 Å². The predicted octanol–water partition coefficient (Wildman–Crippen LogP) is -0.313. The summed E-state index contributed by atoms with van der Waals surface area (Å²) in [6.07, 6.45) is 3.27. The van der Waals surface area contributed by atoms with Crippen molar-refractivity contribution in [3.63, 3.8) is 0 Å². The minimum atomic E-state index is -3.14. The van der Waals surface area contributed by atoms with Gasteiger partial charge in [0.15, 0.2) is 0 Å². The molecule has 0 radical (unpaired) electrons. The summed E-state index contributed by atoms with van der Waals surface area (Å²) in [5.74, 6) is -0.125. The van der Waals surface area contributed by atoms with Crippen LogP contribution < -0.4 is 11.1 Å². The van der Waals surface area contributed by atoms with Crippen molar-refractivity contribution in [1.82, 2.24) is 9.62 Å². The molecular formula is C10H22ClN3O3S. The highest BCUT2D eigenvalue weighted by Gasteiger charge is 2.45. The molecule has 1 amide bonds. The normalized spacial score (nSPS) is 17.1. The average molecular weight is 300 g/mol. The maximum absolute atomic E-state index is 11.5. The second-order valence-electron chi connectivity index (χ2n) is 4.52. The van der Waals surface area contributed by atoms with E-state index in [1.54, 1.807) is 6.92 Å². The van der Waals surface area contributed by atoms with Gasteiger partial charge in [-0.25, -0.2) is 12.7 Å². The molecule has 18 heavy (non-hydrogen) atoms. The van der Waals surface area contributed by atoms with Crippen LogP contribution in [-0.2, 0) is 14.8 Å². The number of hydrogen-bond acceptors (Lipinski definition) is 4. The highest BCUT2D eigenvalue weighted by atomic mass is 35.5. The molecule has 1 rings (SSSR count). The fourth-order valence-electron chi connectivity index (χ4n) is 1.55. The third-order valence-electron chi connectivity index (χ3n) is 2.93. The Balaban J connectivity index is 0.00000289. The number of amides is 1. The Kier molecular flexibility index (Phi) is 6.56. The van der Waals surface area contributed by atoms with E-state index in [4.69, 9.17) is 5.73 Å². The molecule has 108 valence electrons. The van der Waals surface area contributed by atoms with Gasteiger partial charge in [0.05, 0.1) is 11.8 Å².